The second-order valence-electron chi connectivity index (χ2n) is 2.97. The fourth-order valence-electron chi connectivity index (χ4n) is 1.27. The zero-order chi connectivity index (χ0) is 9.68. The molecular weight excluding hydrogens is 168 g/mol. The van der Waals surface area contributed by atoms with Crippen molar-refractivity contribution < 1.29 is 9.53 Å². The van der Waals surface area contributed by atoms with Gasteiger partial charge in [-0.2, -0.15) is 5.10 Å². The normalized spacial score (nSPS) is 12.5. The second kappa shape index (κ2) is 4.64. The lowest BCUT2D eigenvalue weighted by Crippen LogP contribution is -2.11. The molecule has 0 radical (unpaired) electrons. The van der Waals surface area contributed by atoms with Gasteiger partial charge >= 0.3 is 0 Å². The van der Waals surface area contributed by atoms with Crippen molar-refractivity contribution in [3.05, 3.63) is 17.5 Å². The van der Waals surface area contributed by atoms with Crippen LogP contribution in [-0.4, -0.2) is 22.8 Å². The largest absolute Gasteiger partial charge is 0.465 e. The minimum absolute atomic E-state index is 0.0830. The first-order valence-corrected chi connectivity index (χ1v) is 4.38. The molecule has 1 rings (SSSR count). The monoisotopic (exact) mass is 182 g/mol. The number of H-pyrrole nitrogens is 1. The van der Waals surface area contributed by atoms with Crippen LogP contribution in [0.3, 0.4) is 0 Å². The lowest BCUT2D eigenvalue weighted by molar-refractivity contribution is -0.132. The summed E-state index contributed by atoms with van der Waals surface area (Å²) in [6, 6.07) is 0. The highest BCUT2D eigenvalue weighted by atomic mass is 16.5. The van der Waals surface area contributed by atoms with Gasteiger partial charge < -0.3 is 4.74 Å². The van der Waals surface area contributed by atoms with Gasteiger partial charge in [0.15, 0.2) is 0 Å². The molecule has 13 heavy (non-hydrogen) atoms. The molecule has 0 aliphatic carbocycles. The summed E-state index contributed by atoms with van der Waals surface area (Å²) >= 11 is 0. The van der Waals surface area contributed by atoms with Crippen LogP contribution in [-0.2, 0) is 22.4 Å². The molecule has 72 valence electrons. The maximum Gasteiger partial charge on any atom is 0.293 e. The van der Waals surface area contributed by atoms with Gasteiger partial charge in [0.1, 0.15) is 6.10 Å². The summed E-state index contributed by atoms with van der Waals surface area (Å²) in [5, 5.41) is 6.85. The molecule has 0 aromatic carbocycles. The number of aromatic nitrogens is 2. The van der Waals surface area contributed by atoms with E-state index in [0.717, 1.165) is 24.1 Å². The first kappa shape index (κ1) is 9.77. The number of nitrogens with one attached hydrogen (secondary N) is 1. The van der Waals surface area contributed by atoms with Crippen molar-refractivity contribution in [3.63, 3.8) is 0 Å². The van der Waals surface area contributed by atoms with E-state index in [2.05, 4.69) is 17.1 Å². The van der Waals surface area contributed by atoms with Gasteiger partial charge in [0.25, 0.3) is 6.47 Å². The summed E-state index contributed by atoms with van der Waals surface area (Å²) < 4.78 is 4.79. The molecular formula is C9H14N2O2. The number of carbonyl (C=O) groups is 1. The molecule has 0 amide bonds. The van der Waals surface area contributed by atoms with Crippen LogP contribution < -0.4 is 0 Å². The molecule has 1 aromatic rings. The van der Waals surface area contributed by atoms with Gasteiger partial charge in [0.05, 0.1) is 6.20 Å². The average Bonchev–Trinajstić information content (AvgIpc) is 2.52. The van der Waals surface area contributed by atoms with Gasteiger partial charge in [-0.25, -0.2) is 0 Å². The highest BCUT2D eigenvalue weighted by molar-refractivity contribution is 5.37. The van der Waals surface area contributed by atoms with E-state index in [1.54, 1.807) is 6.20 Å². The van der Waals surface area contributed by atoms with Crippen LogP contribution in [0.25, 0.3) is 0 Å². The van der Waals surface area contributed by atoms with Gasteiger partial charge in [-0.15, -0.1) is 0 Å². The maximum absolute atomic E-state index is 10.1. The number of ether oxygens (including phenoxy) is 1. The standard InChI is InChI=1S/C9H14N2O2/c1-3-9-8(5-10-11-9)4-7(2)13-6-12/h5-7H,3-4H2,1-2H3,(H,10,11). The number of carbonyl (C=O) groups excluding carboxylic acids is 1. The molecule has 0 aliphatic rings. The van der Waals surface area contributed by atoms with Crippen molar-refractivity contribution >= 4 is 6.47 Å². The summed E-state index contributed by atoms with van der Waals surface area (Å²) in [5.41, 5.74) is 2.23. The first-order chi connectivity index (χ1) is 6.27. The van der Waals surface area contributed by atoms with E-state index >= 15 is 0 Å². The summed E-state index contributed by atoms with van der Waals surface area (Å²) in [6.45, 7) is 4.40. The van der Waals surface area contributed by atoms with Crippen LogP contribution in [0.15, 0.2) is 6.20 Å². The van der Waals surface area contributed by atoms with Crippen LogP contribution in [0.1, 0.15) is 25.1 Å². The minimum atomic E-state index is -0.0830. The van der Waals surface area contributed by atoms with E-state index in [0.29, 0.717) is 6.47 Å². The van der Waals surface area contributed by atoms with Crippen LogP contribution in [0.5, 0.6) is 0 Å². The smallest absolute Gasteiger partial charge is 0.293 e. The molecule has 1 N–H and O–H groups in total. The van der Waals surface area contributed by atoms with E-state index < -0.39 is 0 Å². The Morgan fingerprint density at radius 2 is 2.54 bits per heavy atom. The van der Waals surface area contributed by atoms with Gasteiger partial charge in [-0.1, -0.05) is 6.92 Å². The summed E-state index contributed by atoms with van der Waals surface area (Å²) in [6.07, 6.45) is 3.34. The van der Waals surface area contributed by atoms with E-state index in [1.165, 1.54) is 0 Å². The Morgan fingerprint density at radius 3 is 3.15 bits per heavy atom. The molecule has 0 aliphatic heterocycles. The minimum Gasteiger partial charge on any atom is -0.465 e. The van der Waals surface area contributed by atoms with Crippen LogP contribution in [0.4, 0.5) is 0 Å². The van der Waals surface area contributed by atoms with Crippen LogP contribution >= 0.6 is 0 Å². The molecule has 0 saturated carbocycles. The summed E-state index contributed by atoms with van der Waals surface area (Å²) in [4.78, 5) is 10.1. The van der Waals surface area contributed by atoms with Crippen LogP contribution in [0, 0.1) is 0 Å². The molecule has 0 saturated heterocycles. The third-order valence-corrected chi connectivity index (χ3v) is 1.96. The Kier molecular flexibility index (Phi) is 3.49. The Labute approximate surface area is 77.3 Å². The molecule has 1 heterocycles. The predicted octanol–water partition coefficient (Wildman–Crippen LogP) is 1.08. The molecule has 0 bridgehead atoms. The van der Waals surface area contributed by atoms with Crippen molar-refractivity contribution in [2.45, 2.75) is 32.8 Å². The number of nitrogens with zero attached hydrogens (tertiary/aromatic N) is 1. The lowest BCUT2D eigenvalue weighted by atomic mass is 10.1. The van der Waals surface area contributed by atoms with Gasteiger partial charge in [-0.05, 0) is 18.9 Å². The molecule has 1 unspecified atom stereocenters. The van der Waals surface area contributed by atoms with Gasteiger partial charge in [-0.3, -0.25) is 9.89 Å². The number of aromatic amines is 1. The van der Waals surface area contributed by atoms with Crippen molar-refractivity contribution in [1.82, 2.24) is 10.2 Å². The molecule has 0 spiro atoms. The first-order valence-electron chi connectivity index (χ1n) is 4.38. The van der Waals surface area contributed by atoms with Crippen molar-refractivity contribution in [1.29, 1.82) is 0 Å². The zero-order valence-electron chi connectivity index (χ0n) is 7.91. The topological polar surface area (TPSA) is 55.0 Å². The summed E-state index contributed by atoms with van der Waals surface area (Å²) in [5.74, 6) is 0. The highest BCUT2D eigenvalue weighted by Crippen LogP contribution is 2.09. The third kappa shape index (κ3) is 2.57. The Bertz CT molecular complexity index is 270. The quantitative estimate of drug-likeness (QED) is 0.693. The van der Waals surface area contributed by atoms with Gasteiger partial charge in [0, 0.05) is 12.1 Å². The van der Waals surface area contributed by atoms with Crippen LogP contribution in [0.2, 0.25) is 0 Å². The van der Waals surface area contributed by atoms with E-state index in [1.807, 2.05) is 6.92 Å². The second-order valence-corrected chi connectivity index (χ2v) is 2.97. The average molecular weight is 182 g/mol. The molecule has 0 fully saturated rings. The van der Waals surface area contributed by atoms with Crippen molar-refractivity contribution in [3.8, 4) is 0 Å². The Balaban J connectivity index is 2.57. The molecule has 1 aromatic heterocycles. The Morgan fingerprint density at radius 1 is 1.77 bits per heavy atom. The number of hydrogen-bond acceptors (Lipinski definition) is 3. The number of rotatable bonds is 5. The van der Waals surface area contributed by atoms with E-state index in [-0.39, 0.29) is 6.10 Å². The number of aryl methyl sites for hydroxylation is 1. The Hall–Kier alpha value is -1.32. The molecule has 4 nitrogen and oxygen atoms in total. The third-order valence-electron chi connectivity index (χ3n) is 1.96. The van der Waals surface area contributed by atoms with E-state index in [4.69, 9.17) is 4.74 Å². The molecule has 1 atom stereocenters. The molecule has 4 heteroatoms. The zero-order valence-corrected chi connectivity index (χ0v) is 7.91. The highest BCUT2D eigenvalue weighted by Gasteiger charge is 2.08. The fraction of sp³-hybridized carbons (Fsp3) is 0.556. The van der Waals surface area contributed by atoms with Crippen molar-refractivity contribution in [2.75, 3.05) is 0 Å². The lowest BCUT2D eigenvalue weighted by Gasteiger charge is -2.08. The van der Waals surface area contributed by atoms with Crippen molar-refractivity contribution in [2.24, 2.45) is 0 Å². The van der Waals surface area contributed by atoms with E-state index in [9.17, 15) is 4.79 Å². The summed E-state index contributed by atoms with van der Waals surface area (Å²) in [7, 11) is 0. The number of hydrogen-bond donors (Lipinski definition) is 1. The fourth-order valence-corrected chi connectivity index (χ4v) is 1.27. The SMILES string of the molecule is CCc1[nH]ncc1CC(C)OC=O. The maximum atomic E-state index is 10.1. The predicted molar refractivity (Wildman–Crippen MR) is 48.3 cm³/mol. The van der Waals surface area contributed by atoms with Gasteiger partial charge in [0.2, 0.25) is 0 Å².